The van der Waals surface area contributed by atoms with Crippen LogP contribution in [0, 0.1) is 0 Å². The van der Waals surface area contributed by atoms with Gasteiger partial charge >= 0.3 is 6.09 Å². The van der Waals surface area contributed by atoms with Crippen molar-refractivity contribution < 1.29 is 9.53 Å². The minimum atomic E-state index is -0.528. The fourth-order valence-electron chi connectivity index (χ4n) is 1.05. The predicted octanol–water partition coefficient (Wildman–Crippen LogP) is 4.87. The predicted molar refractivity (Wildman–Crippen MR) is 73.9 cm³/mol. The highest BCUT2D eigenvalue weighted by Gasteiger charge is 2.17. The van der Waals surface area contributed by atoms with E-state index in [9.17, 15) is 4.79 Å². The molecule has 3 nitrogen and oxygen atoms in total. The zero-order valence-corrected chi connectivity index (χ0v) is 12.0. The molecule has 0 aromatic carbocycles. The first-order valence-electron chi connectivity index (χ1n) is 4.88. The van der Waals surface area contributed by atoms with E-state index in [1.165, 1.54) is 11.3 Å². The Hall–Kier alpha value is -0.710. The summed E-state index contributed by atoms with van der Waals surface area (Å²) in [6.07, 6.45) is 1.07. The van der Waals surface area contributed by atoms with Crippen molar-refractivity contribution >= 4 is 52.4 Å². The van der Waals surface area contributed by atoms with E-state index in [4.69, 9.17) is 27.9 Å². The molecule has 0 unspecified atom stereocenters. The molecule has 0 aliphatic carbocycles. The Bertz CT molecular complexity index is 431. The largest absolute Gasteiger partial charge is 0.444 e. The Kier molecular flexibility index (Phi) is 4.86. The Labute approximate surface area is 114 Å². The van der Waals surface area contributed by atoms with Gasteiger partial charge < -0.3 is 4.74 Å². The summed E-state index contributed by atoms with van der Waals surface area (Å²) in [4.78, 5) is 12.3. The molecule has 1 N–H and O–H groups in total. The average Bonchev–Trinajstić information content (AvgIpc) is 2.47. The molecule has 6 heteroatoms. The van der Waals surface area contributed by atoms with Gasteiger partial charge in [0.2, 0.25) is 0 Å². The Balaban J connectivity index is 2.73. The van der Waals surface area contributed by atoms with Crippen molar-refractivity contribution in [2.75, 3.05) is 5.32 Å². The van der Waals surface area contributed by atoms with Crippen LogP contribution in [-0.4, -0.2) is 11.7 Å². The van der Waals surface area contributed by atoms with Crippen molar-refractivity contribution in [2.45, 2.75) is 26.4 Å². The lowest BCUT2D eigenvalue weighted by atomic mass is 10.2. The van der Waals surface area contributed by atoms with Crippen molar-refractivity contribution in [1.82, 2.24) is 0 Å². The Morgan fingerprint density at radius 3 is 2.65 bits per heavy atom. The van der Waals surface area contributed by atoms with Gasteiger partial charge in [0.25, 0.3) is 0 Å². The number of anilines is 1. The molecule has 17 heavy (non-hydrogen) atoms. The number of nitrogens with one attached hydrogen (secondary N) is 1. The van der Waals surface area contributed by atoms with E-state index in [0.717, 1.165) is 4.88 Å². The second-order valence-corrected chi connectivity index (χ2v) is 6.21. The molecule has 1 heterocycles. The standard InChI is InChI=1S/C11H13Cl2NO2S/c1-11(2,3)16-10(15)14-7-4-5-17-8(7)6-9(12)13/h4-6H,1-3H3,(H,14,15). The van der Waals surface area contributed by atoms with Crippen LogP contribution < -0.4 is 5.32 Å². The summed E-state index contributed by atoms with van der Waals surface area (Å²) >= 11 is 12.6. The fourth-order valence-corrected chi connectivity index (χ4v) is 2.18. The molecule has 0 radical (unpaired) electrons. The molecule has 0 aliphatic rings. The normalized spacial score (nSPS) is 10.9. The summed E-state index contributed by atoms with van der Waals surface area (Å²) < 4.78 is 5.28. The molecule has 1 aromatic rings. The maximum Gasteiger partial charge on any atom is 0.412 e. The van der Waals surface area contributed by atoms with E-state index in [-0.39, 0.29) is 4.49 Å². The van der Waals surface area contributed by atoms with Crippen LogP contribution in [0.5, 0.6) is 0 Å². The number of ether oxygens (including phenoxy) is 1. The maximum atomic E-state index is 11.5. The molecule has 1 rings (SSSR count). The molecule has 0 bridgehead atoms. The molecule has 0 saturated heterocycles. The zero-order valence-electron chi connectivity index (χ0n) is 9.71. The van der Waals surface area contributed by atoms with Gasteiger partial charge in [-0.05, 0) is 38.3 Å². The summed E-state index contributed by atoms with van der Waals surface area (Å²) in [5.74, 6) is 0. The molecule has 1 amide bonds. The van der Waals surface area contributed by atoms with Crippen LogP contribution in [0.2, 0.25) is 0 Å². The molecule has 0 atom stereocenters. The minimum absolute atomic E-state index is 0.139. The molecular weight excluding hydrogens is 281 g/mol. The van der Waals surface area contributed by atoms with Crippen LogP contribution >= 0.6 is 34.5 Å². The topological polar surface area (TPSA) is 38.3 Å². The monoisotopic (exact) mass is 293 g/mol. The Morgan fingerprint density at radius 1 is 1.47 bits per heavy atom. The third-order valence-corrected chi connectivity index (χ3v) is 2.65. The maximum absolute atomic E-state index is 11.5. The van der Waals surface area contributed by atoms with Crippen molar-refractivity contribution in [3.8, 4) is 0 Å². The fraction of sp³-hybridized carbons (Fsp3) is 0.364. The van der Waals surface area contributed by atoms with Crippen molar-refractivity contribution in [1.29, 1.82) is 0 Å². The van der Waals surface area contributed by atoms with Crippen LogP contribution in [-0.2, 0) is 4.74 Å². The SMILES string of the molecule is CC(C)(C)OC(=O)Nc1ccsc1C=C(Cl)Cl. The third-order valence-electron chi connectivity index (χ3n) is 1.57. The van der Waals surface area contributed by atoms with Gasteiger partial charge in [-0.2, -0.15) is 0 Å². The summed E-state index contributed by atoms with van der Waals surface area (Å²) in [6.45, 7) is 5.41. The van der Waals surface area contributed by atoms with Crippen LogP contribution in [0.4, 0.5) is 10.5 Å². The Morgan fingerprint density at radius 2 is 2.12 bits per heavy atom. The van der Waals surface area contributed by atoms with Gasteiger partial charge in [0.1, 0.15) is 10.1 Å². The van der Waals surface area contributed by atoms with E-state index < -0.39 is 11.7 Å². The highest BCUT2D eigenvalue weighted by molar-refractivity contribution is 7.11. The first-order chi connectivity index (χ1) is 7.78. The molecule has 0 aliphatic heterocycles. The quantitative estimate of drug-likeness (QED) is 0.845. The van der Waals surface area contributed by atoms with Crippen LogP contribution in [0.1, 0.15) is 25.6 Å². The number of thiophene rings is 1. The molecule has 0 fully saturated rings. The second kappa shape index (κ2) is 5.76. The van der Waals surface area contributed by atoms with Gasteiger partial charge in [-0.25, -0.2) is 4.79 Å². The van der Waals surface area contributed by atoms with Crippen molar-refractivity contribution in [3.05, 3.63) is 20.8 Å². The van der Waals surface area contributed by atoms with Gasteiger partial charge in [0, 0.05) is 0 Å². The lowest BCUT2D eigenvalue weighted by Crippen LogP contribution is -2.27. The molecular formula is C11H13Cl2NO2S. The van der Waals surface area contributed by atoms with Crippen LogP contribution in [0.3, 0.4) is 0 Å². The first-order valence-corrected chi connectivity index (χ1v) is 6.52. The average molecular weight is 294 g/mol. The zero-order chi connectivity index (χ0) is 13.1. The summed E-state index contributed by atoms with van der Waals surface area (Å²) in [5, 5.41) is 4.47. The van der Waals surface area contributed by atoms with Crippen LogP contribution in [0.25, 0.3) is 6.08 Å². The second-order valence-electron chi connectivity index (χ2n) is 4.26. The first kappa shape index (κ1) is 14.4. The van der Waals surface area contributed by atoms with Crippen molar-refractivity contribution in [2.24, 2.45) is 0 Å². The van der Waals surface area contributed by atoms with E-state index in [2.05, 4.69) is 5.32 Å². The summed E-state index contributed by atoms with van der Waals surface area (Å²) in [7, 11) is 0. The number of rotatable bonds is 2. The highest BCUT2D eigenvalue weighted by Crippen LogP contribution is 2.27. The van der Waals surface area contributed by atoms with Crippen molar-refractivity contribution in [3.63, 3.8) is 0 Å². The molecule has 1 aromatic heterocycles. The van der Waals surface area contributed by atoms with Gasteiger partial charge in [-0.3, -0.25) is 5.32 Å². The number of amides is 1. The lowest BCUT2D eigenvalue weighted by molar-refractivity contribution is 0.0636. The highest BCUT2D eigenvalue weighted by atomic mass is 35.5. The summed E-state index contributed by atoms with van der Waals surface area (Å²) in [5.41, 5.74) is 0.100. The van der Waals surface area contributed by atoms with Crippen LogP contribution in [0.15, 0.2) is 15.9 Å². The van der Waals surface area contributed by atoms with E-state index in [0.29, 0.717) is 5.69 Å². The van der Waals surface area contributed by atoms with Gasteiger partial charge in [-0.15, -0.1) is 11.3 Å². The smallest absolute Gasteiger partial charge is 0.412 e. The number of halogens is 2. The van der Waals surface area contributed by atoms with E-state index in [1.807, 2.05) is 5.38 Å². The van der Waals surface area contributed by atoms with Gasteiger partial charge in [-0.1, -0.05) is 23.2 Å². The summed E-state index contributed by atoms with van der Waals surface area (Å²) in [6, 6.07) is 1.76. The molecule has 0 saturated carbocycles. The molecule has 0 spiro atoms. The third kappa shape index (κ3) is 5.44. The number of hydrogen-bond acceptors (Lipinski definition) is 3. The van der Waals surface area contributed by atoms with Gasteiger partial charge in [0.15, 0.2) is 0 Å². The number of carbonyl (C=O) groups is 1. The lowest BCUT2D eigenvalue weighted by Gasteiger charge is -2.19. The van der Waals surface area contributed by atoms with E-state index in [1.54, 1.807) is 32.9 Å². The number of hydrogen-bond donors (Lipinski definition) is 1. The number of carbonyl (C=O) groups excluding carboxylic acids is 1. The van der Waals surface area contributed by atoms with Gasteiger partial charge in [0.05, 0.1) is 10.6 Å². The minimum Gasteiger partial charge on any atom is -0.444 e. The van der Waals surface area contributed by atoms with E-state index >= 15 is 0 Å². The molecule has 94 valence electrons.